The van der Waals surface area contributed by atoms with Crippen molar-refractivity contribution in [2.45, 2.75) is 37.1 Å². The van der Waals surface area contributed by atoms with Crippen LogP contribution in [0.3, 0.4) is 0 Å². The van der Waals surface area contributed by atoms with Crippen LogP contribution in [0.5, 0.6) is 0 Å². The predicted molar refractivity (Wildman–Crippen MR) is 79.1 cm³/mol. The summed E-state index contributed by atoms with van der Waals surface area (Å²) in [7, 11) is -2.55. The standard InChI is InChI=1S/C14H20N2O4S/c1-10-6-5-7-11(15)13(10)21(18,19)16-9-4-3-8-12(16)14(17)20-2/h5-7,12H,3-4,8-9,15H2,1-2H3. The van der Waals surface area contributed by atoms with E-state index >= 15 is 0 Å². The maximum Gasteiger partial charge on any atom is 0.324 e. The lowest BCUT2D eigenvalue weighted by Gasteiger charge is -2.33. The lowest BCUT2D eigenvalue weighted by molar-refractivity contribution is -0.146. The van der Waals surface area contributed by atoms with Gasteiger partial charge in [0.25, 0.3) is 0 Å². The number of esters is 1. The summed E-state index contributed by atoms with van der Waals surface area (Å²) in [6.07, 6.45) is 1.99. The van der Waals surface area contributed by atoms with E-state index in [0.29, 0.717) is 18.5 Å². The minimum atomic E-state index is -3.82. The molecule has 1 unspecified atom stereocenters. The number of hydrogen-bond donors (Lipinski definition) is 1. The quantitative estimate of drug-likeness (QED) is 0.671. The van der Waals surface area contributed by atoms with Crippen LogP contribution in [-0.4, -0.2) is 38.4 Å². The minimum Gasteiger partial charge on any atom is -0.468 e. The van der Waals surface area contributed by atoms with Crippen LogP contribution in [-0.2, 0) is 19.6 Å². The van der Waals surface area contributed by atoms with Gasteiger partial charge in [0, 0.05) is 6.54 Å². The largest absolute Gasteiger partial charge is 0.468 e. The molecule has 0 spiro atoms. The fraction of sp³-hybridized carbons (Fsp3) is 0.500. The SMILES string of the molecule is COC(=O)C1CCCCN1S(=O)(=O)c1c(C)cccc1N. The Balaban J connectivity index is 2.48. The zero-order valence-corrected chi connectivity index (χ0v) is 13.0. The number of carbonyl (C=O) groups is 1. The normalized spacial score (nSPS) is 20.2. The second kappa shape index (κ2) is 6.03. The van der Waals surface area contributed by atoms with Gasteiger partial charge in [0.15, 0.2) is 0 Å². The summed E-state index contributed by atoms with van der Waals surface area (Å²) < 4.78 is 31.8. The zero-order valence-electron chi connectivity index (χ0n) is 12.2. The summed E-state index contributed by atoms with van der Waals surface area (Å²) in [4.78, 5) is 11.9. The number of piperidine rings is 1. The molecule has 0 aromatic heterocycles. The number of methoxy groups -OCH3 is 1. The third-order valence-corrected chi connectivity index (χ3v) is 5.86. The van der Waals surface area contributed by atoms with Crippen molar-refractivity contribution in [2.24, 2.45) is 0 Å². The Labute approximate surface area is 124 Å². The van der Waals surface area contributed by atoms with Crippen LogP contribution < -0.4 is 5.73 Å². The van der Waals surface area contributed by atoms with E-state index in [1.807, 2.05) is 0 Å². The molecule has 0 bridgehead atoms. The van der Waals surface area contributed by atoms with Crippen molar-refractivity contribution in [3.05, 3.63) is 23.8 Å². The van der Waals surface area contributed by atoms with Crippen LogP contribution in [0.2, 0.25) is 0 Å². The zero-order chi connectivity index (χ0) is 15.6. The lowest BCUT2D eigenvalue weighted by Crippen LogP contribution is -2.48. The summed E-state index contributed by atoms with van der Waals surface area (Å²) in [5, 5.41) is 0. The molecular weight excluding hydrogens is 292 g/mol. The first kappa shape index (κ1) is 15.8. The molecule has 1 aliphatic heterocycles. The van der Waals surface area contributed by atoms with Gasteiger partial charge in [-0.25, -0.2) is 8.42 Å². The maximum atomic E-state index is 12.9. The maximum absolute atomic E-state index is 12.9. The number of anilines is 1. The molecule has 0 radical (unpaired) electrons. The Morgan fingerprint density at radius 3 is 2.71 bits per heavy atom. The molecule has 1 aromatic rings. The van der Waals surface area contributed by atoms with Gasteiger partial charge in [-0.3, -0.25) is 4.79 Å². The van der Waals surface area contributed by atoms with Gasteiger partial charge < -0.3 is 10.5 Å². The van der Waals surface area contributed by atoms with Gasteiger partial charge in [0.05, 0.1) is 12.8 Å². The fourth-order valence-corrected chi connectivity index (χ4v) is 4.68. The van der Waals surface area contributed by atoms with Gasteiger partial charge in [-0.2, -0.15) is 4.31 Å². The number of nitrogens with two attached hydrogens (primary N) is 1. The van der Waals surface area contributed by atoms with E-state index in [4.69, 9.17) is 10.5 Å². The molecule has 2 rings (SSSR count). The molecule has 6 nitrogen and oxygen atoms in total. The van der Waals surface area contributed by atoms with Gasteiger partial charge in [0.1, 0.15) is 10.9 Å². The summed E-state index contributed by atoms with van der Waals surface area (Å²) in [5.74, 6) is -0.523. The first-order valence-electron chi connectivity index (χ1n) is 6.84. The molecule has 0 aliphatic carbocycles. The molecule has 2 N–H and O–H groups in total. The van der Waals surface area contributed by atoms with E-state index in [0.717, 1.165) is 12.8 Å². The third kappa shape index (κ3) is 2.89. The van der Waals surface area contributed by atoms with E-state index in [9.17, 15) is 13.2 Å². The molecule has 1 saturated heterocycles. The van der Waals surface area contributed by atoms with Crippen LogP contribution >= 0.6 is 0 Å². The molecule has 1 atom stereocenters. The Morgan fingerprint density at radius 2 is 2.10 bits per heavy atom. The van der Waals surface area contributed by atoms with E-state index in [2.05, 4.69) is 0 Å². The van der Waals surface area contributed by atoms with Crippen molar-refractivity contribution in [3.63, 3.8) is 0 Å². The molecule has 7 heteroatoms. The number of aryl methyl sites for hydroxylation is 1. The van der Waals surface area contributed by atoms with Crippen LogP contribution in [0.4, 0.5) is 5.69 Å². The summed E-state index contributed by atoms with van der Waals surface area (Å²) in [6, 6.07) is 4.18. The third-order valence-electron chi connectivity index (χ3n) is 3.74. The fourth-order valence-electron chi connectivity index (χ4n) is 2.71. The number of nitrogens with zero attached hydrogens (tertiary/aromatic N) is 1. The van der Waals surface area contributed by atoms with Gasteiger partial charge in [0.2, 0.25) is 10.0 Å². The van der Waals surface area contributed by atoms with Crippen molar-refractivity contribution in [1.29, 1.82) is 0 Å². The number of rotatable bonds is 3. The molecule has 0 amide bonds. The van der Waals surface area contributed by atoms with E-state index in [-0.39, 0.29) is 10.6 Å². The second-order valence-electron chi connectivity index (χ2n) is 5.14. The summed E-state index contributed by atoms with van der Waals surface area (Å²) in [5.41, 5.74) is 6.62. The average molecular weight is 312 g/mol. The van der Waals surface area contributed by atoms with Crippen molar-refractivity contribution < 1.29 is 17.9 Å². The predicted octanol–water partition coefficient (Wildman–Crippen LogP) is 1.29. The van der Waals surface area contributed by atoms with Gasteiger partial charge in [-0.1, -0.05) is 12.1 Å². The molecule has 1 aromatic carbocycles. The van der Waals surface area contributed by atoms with Crippen LogP contribution in [0.15, 0.2) is 23.1 Å². The summed E-state index contributed by atoms with van der Waals surface area (Å²) in [6.45, 7) is 2.00. The van der Waals surface area contributed by atoms with Gasteiger partial charge in [-0.05, 0) is 37.8 Å². The van der Waals surface area contributed by atoms with Crippen LogP contribution in [0.25, 0.3) is 0 Å². The number of sulfonamides is 1. The minimum absolute atomic E-state index is 0.0841. The second-order valence-corrected chi connectivity index (χ2v) is 6.97. The number of benzene rings is 1. The highest BCUT2D eigenvalue weighted by Crippen LogP contribution is 2.30. The molecule has 1 aliphatic rings. The molecule has 1 fully saturated rings. The molecule has 116 valence electrons. The highest BCUT2D eigenvalue weighted by molar-refractivity contribution is 7.89. The van der Waals surface area contributed by atoms with E-state index in [1.54, 1.807) is 25.1 Å². The monoisotopic (exact) mass is 312 g/mol. The first-order chi connectivity index (χ1) is 9.89. The van der Waals surface area contributed by atoms with Crippen LogP contribution in [0, 0.1) is 6.92 Å². The Kier molecular flexibility index (Phi) is 4.53. The number of carbonyl (C=O) groups excluding carboxylic acids is 1. The molecule has 1 heterocycles. The topological polar surface area (TPSA) is 89.7 Å². The van der Waals surface area contributed by atoms with Crippen molar-refractivity contribution >= 4 is 21.7 Å². The van der Waals surface area contributed by atoms with Crippen LogP contribution in [0.1, 0.15) is 24.8 Å². The lowest BCUT2D eigenvalue weighted by atomic mass is 10.1. The molecule has 0 saturated carbocycles. The van der Waals surface area contributed by atoms with E-state index in [1.165, 1.54) is 11.4 Å². The Morgan fingerprint density at radius 1 is 1.38 bits per heavy atom. The van der Waals surface area contributed by atoms with E-state index < -0.39 is 22.0 Å². The number of nitrogen functional groups attached to an aromatic ring is 1. The number of hydrogen-bond acceptors (Lipinski definition) is 5. The molecular formula is C14H20N2O4S. The average Bonchev–Trinajstić information content (AvgIpc) is 2.46. The number of ether oxygens (including phenoxy) is 1. The van der Waals surface area contributed by atoms with Gasteiger partial charge in [-0.15, -0.1) is 0 Å². The first-order valence-corrected chi connectivity index (χ1v) is 8.28. The Hall–Kier alpha value is -1.60. The highest BCUT2D eigenvalue weighted by Gasteiger charge is 2.39. The molecule has 21 heavy (non-hydrogen) atoms. The van der Waals surface area contributed by atoms with Crippen molar-refractivity contribution in [2.75, 3.05) is 19.4 Å². The smallest absolute Gasteiger partial charge is 0.324 e. The summed E-state index contributed by atoms with van der Waals surface area (Å²) >= 11 is 0. The highest BCUT2D eigenvalue weighted by atomic mass is 32.2. The Bertz CT molecular complexity index is 622. The van der Waals surface area contributed by atoms with Gasteiger partial charge >= 0.3 is 5.97 Å². The van der Waals surface area contributed by atoms with Crippen molar-refractivity contribution in [3.8, 4) is 0 Å². The van der Waals surface area contributed by atoms with Crippen molar-refractivity contribution in [1.82, 2.24) is 4.31 Å².